The maximum Gasteiger partial charge on any atom is 0.287 e. The van der Waals surface area contributed by atoms with Crippen LogP contribution in [0.1, 0.15) is 13.0 Å². The number of azo groups is 1. The highest BCUT2D eigenvalue weighted by molar-refractivity contribution is 9.10. The number of fused-ring (bicyclic) bond motifs is 2. The number of nitrogens with zero attached hydrogens (tertiary/aromatic N) is 4. The van der Waals surface area contributed by atoms with Crippen LogP contribution in [-0.4, -0.2) is 25.5 Å². The Bertz CT molecular complexity index is 1310. The van der Waals surface area contributed by atoms with Gasteiger partial charge in [0.25, 0.3) is 11.5 Å². The fourth-order valence-electron chi connectivity index (χ4n) is 2.90. The van der Waals surface area contributed by atoms with E-state index in [0.717, 1.165) is 4.47 Å². The van der Waals surface area contributed by atoms with Crippen molar-refractivity contribution in [2.24, 2.45) is 10.2 Å². The first-order valence-corrected chi connectivity index (χ1v) is 9.16. The molecule has 2 heterocycles. The standard InChI is InChI=1S/C19H14BrN5O3/c1-10(25-9-21-14-5-3-2-4-12(14)19(25)28)17(26)24-23-16-13-8-11(20)6-7-15(13)22-18(16)27/h2-10,22,27H,1H3. The van der Waals surface area contributed by atoms with Gasteiger partial charge in [-0.1, -0.05) is 28.1 Å². The summed E-state index contributed by atoms with van der Waals surface area (Å²) in [5.74, 6) is -0.829. The lowest BCUT2D eigenvalue weighted by Crippen LogP contribution is -2.27. The molecule has 0 saturated heterocycles. The average molecular weight is 440 g/mol. The Kier molecular flexibility index (Phi) is 4.52. The zero-order valence-electron chi connectivity index (χ0n) is 14.6. The molecule has 2 aromatic heterocycles. The van der Waals surface area contributed by atoms with Crippen molar-refractivity contribution in [2.45, 2.75) is 13.0 Å². The fourth-order valence-corrected chi connectivity index (χ4v) is 3.26. The molecule has 4 aromatic rings. The first-order valence-electron chi connectivity index (χ1n) is 8.37. The zero-order chi connectivity index (χ0) is 19.8. The molecule has 140 valence electrons. The van der Waals surface area contributed by atoms with Crippen molar-refractivity contribution in [3.63, 3.8) is 0 Å². The molecular weight excluding hydrogens is 426 g/mol. The highest BCUT2D eigenvalue weighted by atomic mass is 79.9. The molecule has 0 spiro atoms. The van der Waals surface area contributed by atoms with E-state index in [1.807, 2.05) is 6.07 Å². The van der Waals surface area contributed by atoms with Gasteiger partial charge in [0.05, 0.1) is 22.7 Å². The van der Waals surface area contributed by atoms with Crippen LogP contribution in [-0.2, 0) is 4.79 Å². The Morgan fingerprint density at radius 2 is 2.04 bits per heavy atom. The van der Waals surface area contributed by atoms with Crippen molar-refractivity contribution in [1.82, 2.24) is 14.5 Å². The number of aromatic hydroxyl groups is 1. The first kappa shape index (κ1) is 18.1. The van der Waals surface area contributed by atoms with Gasteiger partial charge < -0.3 is 10.1 Å². The van der Waals surface area contributed by atoms with Gasteiger partial charge in [-0.05, 0) is 37.3 Å². The third-order valence-electron chi connectivity index (χ3n) is 4.43. The number of para-hydroxylation sites is 1. The second kappa shape index (κ2) is 7.01. The highest BCUT2D eigenvalue weighted by Crippen LogP contribution is 2.36. The van der Waals surface area contributed by atoms with E-state index >= 15 is 0 Å². The van der Waals surface area contributed by atoms with Crippen LogP contribution in [0.3, 0.4) is 0 Å². The van der Waals surface area contributed by atoms with E-state index in [9.17, 15) is 14.7 Å². The lowest BCUT2D eigenvalue weighted by molar-refractivity contribution is -0.121. The predicted octanol–water partition coefficient (Wildman–Crippen LogP) is 4.22. The molecule has 0 aliphatic carbocycles. The molecule has 28 heavy (non-hydrogen) atoms. The van der Waals surface area contributed by atoms with Crippen LogP contribution in [0.4, 0.5) is 5.69 Å². The van der Waals surface area contributed by atoms with Crippen molar-refractivity contribution in [1.29, 1.82) is 0 Å². The molecule has 0 radical (unpaired) electrons. The molecule has 0 fully saturated rings. The molecule has 0 aliphatic rings. The van der Waals surface area contributed by atoms with Crippen LogP contribution in [0, 0.1) is 0 Å². The number of rotatable bonds is 3. The molecular formula is C19H14BrN5O3. The number of hydrogen-bond donors (Lipinski definition) is 2. The minimum absolute atomic E-state index is 0.154. The summed E-state index contributed by atoms with van der Waals surface area (Å²) in [5, 5.41) is 18.7. The molecule has 2 aromatic carbocycles. The minimum atomic E-state index is -0.896. The van der Waals surface area contributed by atoms with Gasteiger partial charge in [0, 0.05) is 9.86 Å². The van der Waals surface area contributed by atoms with E-state index in [-0.39, 0.29) is 17.1 Å². The number of carbonyl (C=O) groups excluding carboxylic acids is 1. The lowest BCUT2D eigenvalue weighted by atomic mass is 10.2. The van der Waals surface area contributed by atoms with Gasteiger partial charge in [-0.15, -0.1) is 10.2 Å². The number of aromatic amines is 1. The maximum absolute atomic E-state index is 12.6. The minimum Gasteiger partial charge on any atom is -0.493 e. The summed E-state index contributed by atoms with van der Waals surface area (Å²) in [5.41, 5.74) is 1.03. The van der Waals surface area contributed by atoms with Crippen molar-refractivity contribution in [3.8, 4) is 5.88 Å². The Balaban J connectivity index is 1.67. The molecule has 0 bridgehead atoms. The smallest absolute Gasteiger partial charge is 0.287 e. The van der Waals surface area contributed by atoms with Crippen LogP contribution in [0.25, 0.3) is 21.8 Å². The summed E-state index contributed by atoms with van der Waals surface area (Å²) >= 11 is 3.36. The maximum atomic E-state index is 12.6. The van der Waals surface area contributed by atoms with Gasteiger partial charge in [-0.3, -0.25) is 14.2 Å². The lowest BCUT2D eigenvalue weighted by Gasteiger charge is -2.11. The monoisotopic (exact) mass is 439 g/mol. The molecule has 4 rings (SSSR count). The third-order valence-corrected chi connectivity index (χ3v) is 4.92. The fraction of sp³-hybridized carbons (Fsp3) is 0.105. The molecule has 1 atom stereocenters. The molecule has 9 heteroatoms. The molecule has 2 N–H and O–H groups in total. The largest absolute Gasteiger partial charge is 0.493 e. The normalized spacial score (nSPS) is 12.8. The van der Waals surface area contributed by atoms with Crippen molar-refractivity contribution in [3.05, 3.63) is 63.6 Å². The summed E-state index contributed by atoms with van der Waals surface area (Å²) in [7, 11) is 0. The SMILES string of the molecule is CC(C(=O)N=Nc1c(O)[nH]c2ccc(Br)cc12)n1cnc2ccccc2c1=O. The van der Waals surface area contributed by atoms with E-state index in [1.165, 1.54) is 10.9 Å². The van der Waals surface area contributed by atoms with Crippen LogP contribution >= 0.6 is 15.9 Å². The van der Waals surface area contributed by atoms with Gasteiger partial charge in [0.15, 0.2) is 5.69 Å². The van der Waals surface area contributed by atoms with Crippen molar-refractivity contribution < 1.29 is 9.90 Å². The van der Waals surface area contributed by atoms with Gasteiger partial charge >= 0.3 is 0 Å². The highest BCUT2D eigenvalue weighted by Gasteiger charge is 2.18. The zero-order valence-corrected chi connectivity index (χ0v) is 16.2. The number of amides is 1. The number of aromatic nitrogens is 3. The molecule has 1 amide bonds. The number of benzene rings is 2. The van der Waals surface area contributed by atoms with Gasteiger partial charge in [-0.2, -0.15) is 0 Å². The molecule has 1 unspecified atom stereocenters. The van der Waals surface area contributed by atoms with E-state index in [4.69, 9.17) is 0 Å². The topological polar surface area (TPSA) is 113 Å². The number of hydrogen-bond acceptors (Lipinski definition) is 5. The molecule has 8 nitrogen and oxygen atoms in total. The second-order valence-electron chi connectivity index (χ2n) is 6.20. The van der Waals surface area contributed by atoms with Crippen molar-refractivity contribution in [2.75, 3.05) is 0 Å². The Labute approximate surface area is 166 Å². The van der Waals surface area contributed by atoms with Crippen LogP contribution < -0.4 is 5.56 Å². The number of carbonyl (C=O) groups is 1. The summed E-state index contributed by atoms with van der Waals surface area (Å²) in [6.45, 7) is 1.55. The third kappa shape index (κ3) is 3.09. The van der Waals surface area contributed by atoms with E-state index in [1.54, 1.807) is 43.3 Å². The predicted molar refractivity (Wildman–Crippen MR) is 108 cm³/mol. The average Bonchev–Trinajstić information content (AvgIpc) is 3.00. The molecule has 0 saturated carbocycles. The van der Waals surface area contributed by atoms with E-state index in [0.29, 0.717) is 21.8 Å². The first-order chi connectivity index (χ1) is 13.5. The Morgan fingerprint density at radius 1 is 1.25 bits per heavy atom. The van der Waals surface area contributed by atoms with Gasteiger partial charge in [-0.25, -0.2) is 4.98 Å². The number of H-pyrrole nitrogens is 1. The summed E-state index contributed by atoms with van der Waals surface area (Å²) in [6, 6.07) is 11.3. The van der Waals surface area contributed by atoms with Crippen LogP contribution in [0.2, 0.25) is 0 Å². The van der Waals surface area contributed by atoms with E-state index in [2.05, 4.69) is 36.1 Å². The molecule has 0 aliphatic heterocycles. The summed E-state index contributed by atoms with van der Waals surface area (Å²) < 4.78 is 2.01. The van der Waals surface area contributed by atoms with Crippen LogP contribution in [0.15, 0.2) is 68.3 Å². The summed E-state index contributed by atoms with van der Waals surface area (Å²) in [6.07, 6.45) is 1.32. The quantitative estimate of drug-likeness (QED) is 0.465. The Morgan fingerprint density at radius 3 is 2.86 bits per heavy atom. The van der Waals surface area contributed by atoms with Crippen LogP contribution in [0.5, 0.6) is 5.88 Å². The van der Waals surface area contributed by atoms with Gasteiger partial charge in [0.1, 0.15) is 6.04 Å². The second-order valence-corrected chi connectivity index (χ2v) is 7.12. The van der Waals surface area contributed by atoms with Crippen molar-refractivity contribution >= 4 is 49.3 Å². The Hall–Kier alpha value is -3.33. The van der Waals surface area contributed by atoms with E-state index < -0.39 is 11.9 Å². The number of nitrogens with one attached hydrogen (secondary N) is 1. The van der Waals surface area contributed by atoms with Gasteiger partial charge in [0.2, 0.25) is 5.88 Å². The number of halogens is 1. The summed E-state index contributed by atoms with van der Waals surface area (Å²) in [4.78, 5) is 32.1.